The van der Waals surface area contributed by atoms with Crippen molar-refractivity contribution in [2.75, 3.05) is 19.0 Å². The van der Waals surface area contributed by atoms with Gasteiger partial charge in [-0.1, -0.05) is 12.1 Å². The average Bonchev–Trinajstić information content (AvgIpc) is 2.35. The van der Waals surface area contributed by atoms with Crippen LogP contribution in [0.15, 0.2) is 24.3 Å². The van der Waals surface area contributed by atoms with Crippen molar-refractivity contribution in [1.82, 2.24) is 4.90 Å². The molecule has 1 amide bonds. The van der Waals surface area contributed by atoms with Crippen LogP contribution < -0.4 is 0 Å². The molecule has 0 aromatic heterocycles. The quantitative estimate of drug-likeness (QED) is 0.763. The molecule has 106 valence electrons. The minimum atomic E-state index is -4.35. The van der Waals surface area contributed by atoms with Crippen LogP contribution >= 0.6 is 11.6 Å². The fraction of sp³-hybridized carbons (Fsp3) is 0.462. The first-order valence-electron chi connectivity index (χ1n) is 5.88. The summed E-state index contributed by atoms with van der Waals surface area (Å²) >= 11 is 5.57. The molecule has 6 heteroatoms. The first kappa shape index (κ1) is 15.8. The molecule has 0 bridgehead atoms. The third kappa shape index (κ3) is 4.74. The van der Waals surface area contributed by atoms with E-state index in [1.807, 2.05) is 6.92 Å². The van der Waals surface area contributed by atoms with Crippen LogP contribution in [-0.4, -0.2) is 29.8 Å². The molecule has 19 heavy (non-hydrogen) atoms. The van der Waals surface area contributed by atoms with Crippen LogP contribution in [0.2, 0.25) is 0 Å². The smallest absolute Gasteiger partial charge is 0.341 e. The van der Waals surface area contributed by atoms with Gasteiger partial charge in [-0.05, 0) is 24.6 Å². The van der Waals surface area contributed by atoms with Gasteiger partial charge in [0.25, 0.3) is 0 Å². The van der Waals surface area contributed by atoms with Gasteiger partial charge in [-0.3, -0.25) is 4.79 Å². The summed E-state index contributed by atoms with van der Waals surface area (Å²) in [6.07, 6.45) is -4.26. The second-order valence-electron chi connectivity index (χ2n) is 4.03. The number of benzene rings is 1. The lowest BCUT2D eigenvalue weighted by molar-refractivity contribution is -0.137. The molecular weight excluding hydrogens is 279 g/mol. The lowest BCUT2D eigenvalue weighted by Gasteiger charge is -2.19. The van der Waals surface area contributed by atoms with E-state index in [4.69, 9.17) is 11.6 Å². The Morgan fingerprint density at radius 3 is 2.26 bits per heavy atom. The van der Waals surface area contributed by atoms with Crippen LogP contribution in [0.3, 0.4) is 0 Å². The fourth-order valence-corrected chi connectivity index (χ4v) is 1.86. The molecule has 0 aliphatic rings. The molecule has 0 N–H and O–H groups in total. The van der Waals surface area contributed by atoms with E-state index >= 15 is 0 Å². The minimum absolute atomic E-state index is 0.0862. The van der Waals surface area contributed by atoms with Crippen LogP contribution in [0.5, 0.6) is 0 Å². The number of rotatable bonds is 5. The number of carbonyl (C=O) groups excluding carboxylic acids is 1. The highest BCUT2D eigenvalue weighted by atomic mass is 35.5. The van der Waals surface area contributed by atoms with E-state index in [1.165, 1.54) is 12.1 Å². The van der Waals surface area contributed by atoms with Crippen molar-refractivity contribution < 1.29 is 18.0 Å². The van der Waals surface area contributed by atoms with Gasteiger partial charge in [0.2, 0.25) is 5.91 Å². The van der Waals surface area contributed by atoms with Gasteiger partial charge in [-0.2, -0.15) is 13.2 Å². The monoisotopic (exact) mass is 293 g/mol. The average molecular weight is 294 g/mol. The summed E-state index contributed by atoms with van der Waals surface area (Å²) in [5.74, 6) is 0.204. The predicted molar refractivity (Wildman–Crippen MR) is 68.1 cm³/mol. The number of halogens is 4. The largest absolute Gasteiger partial charge is 0.416 e. The van der Waals surface area contributed by atoms with Crippen LogP contribution in [0.4, 0.5) is 13.2 Å². The number of carbonyl (C=O) groups is 1. The molecule has 0 unspecified atom stereocenters. The maximum atomic E-state index is 12.4. The van der Waals surface area contributed by atoms with E-state index in [1.54, 1.807) is 4.90 Å². The molecule has 0 spiro atoms. The zero-order valence-corrected chi connectivity index (χ0v) is 11.3. The number of alkyl halides is 4. The van der Waals surface area contributed by atoms with Crippen LogP contribution in [0, 0.1) is 0 Å². The summed E-state index contributed by atoms with van der Waals surface area (Å²) in [6.45, 7) is 2.81. The summed E-state index contributed by atoms with van der Waals surface area (Å²) < 4.78 is 37.1. The summed E-state index contributed by atoms with van der Waals surface area (Å²) in [5.41, 5.74) is -0.150. The highest BCUT2D eigenvalue weighted by molar-refractivity contribution is 6.18. The van der Waals surface area contributed by atoms with Crippen molar-refractivity contribution in [3.63, 3.8) is 0 Å². The second-order valence-corrected chi connectivity index (χ2v) is 4.41. The van der Waals surface area contributed by atoms with Crippen molar-refractivity contribution in [2.45, 2.75) is 19.5 Å². The first-order valence-corrected chi connectivity index (χ1v) is 6.41. The molecule has 1 aromatic carbocycles. The van der Waals surface area contributed by atoms with Gasteiger partial charge < -0.3 is 4.90 Å². The Kier molecular flexibility index (Phi) is 5.66. The third-order valence-electron chi connectivity index (χ3n) is 2.73. The van der Waals surface area contributed by atoms with Gasteiger partial charge in [-0.15, -0.1) is 11.6 Å². The Labute approximate surface area is 115 Å². The van der Waals surface area contributed by atoms with Crippen molar-refractivity contribution in [3.8, 4) is 0 Å². The van der Waals surface area contributed by atoms with Crippen molar-refractivity contribution in [1.29, 1.82) is 0 Å². The summed E-state index contributed by atoms with van der Waals surface area (Å²) in [5, 5.41) is 0. The molecule has 0 radical (unpaired) electrons. The molecule has 0 heterocycles. The Morgan fingerprint density at radius 2 is 1.84 bits per heavy atom. The molecule has 1 rings (SSSR count). The van der Waals surface area contributed by atoms with E-state index in [2.05, 4.69) is 0 Å². The van der Waals surface area contributed by atoms with E-state index in [0.29, 0.717) is 24.5 Å². The zero-order valence-electron chi connectivity index (χ0n) is 10.5. The number of nitrogens with zero attached hydrogens (tertiary/aromatic N) is 1. The normalized spacial score (nSPS) is 11.4. The molecule has 0 saturated carbocycles. The fourth-order valence-electron chi connectivity index (χ4n) is 1.66. The molecule has 0 aliphatic carbocycles. The summed E-state index contributed by atoms with van der Waals surface area (Å²) in [4.78, 5) is 13.4. The van der Waals surface area contributed by atoms with Gasteiger partial charge in [0.15, 0.2) is 0 Å². The van der Waals surface area contributed by atoms with Gasteiger partial charge in [0.1, 0.15) is 0 Å². The molecule has 0 aliphatic heterocycles. The number of amides is 1. The van der Waals surface area contributed by atoms with Crippen LogP contribution in [0.25, 0.3) is 0 Å². The molecular formula is C13H15ClF3NO. The maximum absolute atomic E-state index is 12.4. The van der Waals surface area contributed by atoms with Gasteiger partial charge in [-0.25, -0.2) is 0 Å². The minimum Gasteiger partial charge on any atom is -0.341 e. The first-order chi connectivity index (χ1) is 8.88. The number of hydrogen-bond donors (Lipinski definition) is 0. The second kappa shape index (κ2) is 6.80. The Bertz CT molecular complexity index is 417. The molecule has 1 aromatic rings. The van der Waals surface area contributed by atoms with Gasteiger partial charge >= 0.3 is 6.18 Å². The van der Waals surface area contributed by atoms with E-state index in [0.717, 1.165) is 12.1 Å². The Balaban J connectivity index is 2.70. The predicted octanol–water partition coefficient (Wildman–Crippen LogP) is 3.34. The lowest BCUT2D eigenvalue weighted by atomic mass is 10.1. The van der Waals surface area contributed by atoms with Gasteiger partial charge in [0, 0.05) is 19.0 Å². The van der Waals surface area contributed by atoms with Crippen molar-refractivity contribution in [3.05, 3.63) is 35.4 Å². The molecule has 0 saturated heterocycles. The topological polar surface area (TPSA) is 20.3 Å². The Hall–Kier alpha value is -1.23. The Morgan fingerprint density at radius 1 is 1.26 bits per heavy atom. The van der Waals surface area contributed by atoms with Gasteiger partial charge in [0.05, 0.1) is 12.0 Å². The van der Waals surface area contributed by atoms with Crippen LogP contribution in [0.1, 0.15) is 18.1 Å². The zero-order chi connectivity index (χ0) is 14.5. The SMILES string of the molecule is CCN(CCCl)C(=O)Cc1ccc(C(F)(F)F)cc1. The number of likely N-dealkylation sites (N-methyl/N-ethyl adjacent to an activating group) is 1. The van der Waals surface area contributed by atoms with E-state index in [-0.39, 0.29) is 12.3 Å². The molecule has 2 nitrogen and oxygen atoms in total. The van der Waals surface area contributed by atoms with E-state index < -0.39 is 11.7 Å². The van der Waals surface area contributed by atoms with E-state index in [9.17, 15) is 18.0 Å². The lowest BCUT2D eigenvalue weighted by Crippen LogP contribution is -2.33. The van der Waals surface area contributed by atoms with Crippen molar-refractivity contribution in [2.24, 2.45) is 0 Å². The summed E-state index contributed by atoms with van der Waals surface area (Å²) in [7, 11) is 0. The standard InChI is InChI=1S/C13H15ClF3NO/c1-2-18(8-7-14)12(19)9-10-3-5-11(6-4-10)13(15,16)17/h3-6H,2,7-9H2,1H3. The molecule has 0 atom stereocenters. The number of hydrogen-bond acceptors (Lipinski definition) is 1. The van der Waals surface area contributed by atoms with Crippen molar-refractivity contribution >= 4 is 17.5 Å². The highest BCUT2D eigenvalue weighted by Crippen LogP contribution is 2.29. The highest BCUT2D eigenvalue weighted by Gasteiger charge is 2.30. The maximum Gasteiger partial charge on any atom is 0.416 e. The van der Waals surface area contributed by atoms with Crippen LogP contribution in [-0.2, 0) is 17.4 Å². The third-order valence-corrected chi connectivity index (χ3v) is 2.89. The summed E-state index contributed by atoms with van der Waals surface area (Å²) in [6, 6.07) is 4.63. The molecule has 0 fully saturated rings.